The minimum Gasteiger partial charge on any atom is -0.480 e. The van der Waals surface area contributed by atoms with E-state index in [0.29, 0.717) is 11.1 Å². The van der Waals surface area contributed by atoms with Crippen molar-refractivity contribution in [2.24, 2.45) is 5.73 Å². The quantitative estimate of drug-likeness (QED) is 0.0545. The number of amides is 2. The number of carboxylic acid groups (broad SMARTS) is 5. The lowest BCUT2D eigenvalue weighted by Gasteiger charge is -2.33. The average Bonchev–Trinajstić information content (AvgIpc) is 2.91. The topological polar surface area (TPSA) is 290 Å². The predicted molar refractivity (Wildman–Crippen MR) is 147 cm³/mol. The Hall–Kier alpha value is -4.69. The maximum absolute atomic E-state index is 13.3. The largest absolute Gasteiger partial charge is 0.480 e. The summed E-state index contributed by atoms with van der Waals surface area (Å²) >= 11 is 0. The molecule has 19 heteroatoms. The molecule has 44 heavy (non-hydrogen) atoms. The molecule has 0 aliphatic rings. The highest BCUT2D eigenvalue weighted by molar-refractivity contribution is 5.84. The molecule has 0 aliphatic heterocycles. The van der Waals surface area contributed by atoms with E-state index in [-0.39, 0.29) is 32.8 Å². The second-order valence-electron chi connectivity index (χ2n) is 9.39. The van der Waals surface area contributed by atoms with Gasteiger partial charge in [0, 0.05) is 26.2 Å². The Morgan fingerprint density at radius 2 is 1.16 bits per heavy atom. The van der Waals surface area contributed by atoms with Gasteiger partial charge in [-0.15, -0.1) is 0 Å². The molecule has 1 unspecified atom stereocenters. The summed E-state index contributed by atoms with van der Waals surface area (Å²) in [6, 6.07) is 5.04. The minimum atomic E-state index is -1.49. The van der Waals surface area contributed by atoms with E-state index in [1.807, 2.05) is 0 Å². The van der Waals surface area contributed by atoms with E-state index in [1.165, 1.54) is 0 Å². The van der Waals surface area contributed by atoms with Gasteiger partial charge in [-0.05, 0) is 11.1 Å². The normalized spacial score (nSPS) is 11.7. The van der Waals surface area contributed by atoms with E-state index >= 15 is 0 Å². The fraction of sp³-hybridized carbons (Fsp3) is 0.480. The maximum Gasteiger partial charge on any atom is 0.317 e. The van der Waals surface area contributed by atoms with Crippen molar-refractivity contribution in [3.8, 4) is 0 Å². The fourth-order valence-electron chi connectivity index (χ4n) is 3.84. The molecule has 1 aromatic rings. The van der Waals surface area contributed by atoms with Gasteiger partial charge in [0.25, 0.3) is 5.91 Å². The van der Waals surface area contributed by atoms with E-state index in [4.69, 9.17) is 20.8 Å². The number of carbonyl (C=O) groups is 7. The molecule has 19 nitrogen and oxygen atoms in total. The summed E-state index contributed by atoms with van der Waals surface area (Å²) in [6.45, 7) is -5.12. The Morgan fingerprint density at radius 3 is 1.64 bits per heavy atom. The number of carboxylic acids is 5. The van der Waals surface area contributed by atoms with Gasteiger partial charge in [-0.1, -0.05) is 24.3 Å². The number of rotatable bonds is 23. The first kappa shape index (κ1) is 37.3. The van der Waals surface area contributed by atoms with Gasteiger partial charge in [-0.2, -0.15) is 0 Å². The average molecular weight is 629 g/mol. The lowest BCUT2D eigenvalue weighted by molar-refractivity contribution is -0.146. The zero-order valence-electron chi connectivity index (χ0n) is 23.6. The number of hydrogen-bond acceptors (Lipinski definition) is 12. The highest BCUT2D eigenvalue weighted by atomic mass is 16.6. The van der Waals surface area contributed by atoms with Crippen LogP contribution in [0.3, 0.4) is 0 Å². The Bertz CT molecular complexity index is 1130. The lowest BCUT2D eigenvalue weighted by atomic mass is 10.1. The number of aliphatic carboxylic acids is 5. The molecule has 0 aliphatic carbocycles. The summed E-state index contributed by atoms with van der Waals surface area (Å²) < 4.78 is 0. The van der Waals surface area contributed by atoms with Crippen molar-refractivity contribution >= 4 is 41.7 Å². The first-order valence-electron chi connectivity index (χ1n) is 12.9. The molecule has 9 N–H and O–H groups in total. The van der Waals surface area contributed by atoms with Crippen LogP contribution in [0.4, 0.5) is 0 Å². The SMILES string of the molecule is NCC(=O)NOCc1ccc(CNC(=O)C(CN(CCN(CC(=O)O)CC(=O)O)CC(=O)O)N(CC(=O)O)CC(=O)O)cc1. The first-order chi connectivity index (χ1) is 20.7. The van der Waals surface area contributed by atoms with Crippen molar-refractivity contribution in [3.05, 3.63) is 35.4 Å². The minimum absolute atomic E-state index is 0.0234. The van der Waals surface area contributed by atoms with Crippen LogP contribution in [0.1, 0.15) is 11.1 Å². The molecule has 1 rings (SSSR count). The summed E-state index contributed by atoms with van der Waals surface area (Å²) in [7, 11) is 0. The highest BCUT2D eigenvalue weighted by Gasteiger charge is 2.32. The molecule has 0 radical (unpaired) electrons. The number of hydrogen-bond donors (Lipinski definition) is 8. The van der Waals surface area contributed by atoms with Gasteiger partial charge >= 0.3 is 29.8 Å². The molecule has 2 amide bonds. The number of hydroxylamine groups is 1. The summed E-state index contributed by atoms with van der Waals surface area (Å²) in [5.74, 6) is -8.28. The molecule has 0 aromatic heterocycles. The number of nitrogens with two attached hydrogens (primary N) is 1. The van der Waals surface area contributed by atoms with Gasteiger partial charge in [0.1, 0.15) is 6.04 Å². The van der Waals surface area contributed by atoms with Crippen molar-refractivity contribution in [3.63, 3.8) is 0 Å². The smallest absolute Gasteiger partial charge is 0.317 e. The zero-order chi connectivity index (χ0) is 33.2. The lowest BCUT2D eigenvalue weighted by Crippen LogP contribution is -2.56. The van der Waals surface area contributed by atoms with Crippen molar-refractivity contribution in [1.82, 2.24) is 25.5 Å². The van der Waals surface area contributed by atoms with E-state index in [0.717, 1.165) is 14.7 Å². The van der Waals surface area contributed by atoms with Crippen LogP contribution in [0.15, 0.2) is 24.3 Å². The molecule has 0 heterocycles. The molecular weight excluding hydrogens is 592 g/mol. The van der Waals surface area contributed by atoms with Gasteiger partial charge in [0.15, 0.2) is 0 Å². The van der Waals surface area contributed by atoms with Gasteiger partial charge in [0.05, 0.1) is 45.9 Å². The van der Waals surface area contributed by atoms with E-state index in [9.17, 15) is 48.9 Å². The summed E-state index contributed by atoms with van der Waals surface area (Å²) in [5, 5.41) is 48.8. The number of nitrogens with zero attached hydrogens (tertiary/aromatic N) is 3. The third-order valence-corrected chi connectivity index (χ3v) is 5.76. The third-order valence-electron chi connectivity index (χ3n) is 5.76. The number of nitrogens with one attached hydrogen (secondary N) is 2. The summed E-state index contributed by atoms with van der Waals surface area (Å²) in [4.78, 5) is 89.3. The van der Waals surface area contributed by atoms with Crippen molar-refractivity contribution in [1.29, 1.82) is 0 Å². The van der Waals surface area contributed by atoms with Crippen LogP contribution in [0.25, 0.3) is 0 Å². The fourth-order valence-corrected chi connectivity index (χ4v) is 3.84. The zero-order valence-corrected chi connectivity index (χ0v) is 23.6. The second kappa shape index (κ2) is 19.5. The molecule has 1 aromatic carbocycles. The Kier molecular flexibility index (Phi) is 16.5. The van der Waals surface area contributed by atoms with Crippen LogP contribution >= 0.6 is 0 Å². The van der Waals surface area contributed by atoms with Gasteiger partial charge in [0.2, 0.25) is 5.91 Å². The second-order valence-corrected chi connectivity index (χ2v) is 9.39. The summed E-state index contributed by atoms with van der Waals surface area (Å²) in [6.07, 6.45) is 0. The molecule has 244 valence electrons. The van der Waals surface area contributed by atoms with Crippen molar-refractivity contribution in [2.75, 3.05) is 58.9 Å². The van der Waals surface area contributed by atoms with Gasteiger partial charge < -0.3 is 36.6 Å². The van der Waals surface area contributed by atoms with Crippen LogP contribution in [0, 0.1) is 0 Å². The molecule has 0 saturated heterocycles. The standard InChI is InChI=1S/C25H36N6O13/c26-7-19(32)28-44-15-17-3-1-16(2-4-17)8-27-25(43)18(31(13-23(39)40)14-24(41)42)9-29(10-20(33)34)5-6-30(11-21(35)36)12-22(37)38/h1-4,18H,5-15,26H2,(H,27,43)(H,28,32)(H,33,34)(H,35,36)(H,37,38)(H,39,40)(H,41,42). The van der Waals surface area contributed by atoms with Crippen LogP contribution in [-0.2, 0) is 51.6 Å². The Morgan fingerprint density at radius 1 is 0.705 bits per heavy atom. The van der Waals surface area contributed by atoms with Crippen LogP contribution in [0.5, 0.6) is 0 Å². The molecule has 1 atom stereocenters. The van der Waals surface area contributed by atoms with Gasteiger partial charge in [-0.3, -0.25) is 53.1 Å². The number of carbonyl (C=O) groups excluding carboxylic acids is 2. The molecule has 0 spiro atoms. The van der Waals surface area contributed by atoms with Crippen LogP contribution < -0.4 is 16.5 Å². The molecule has 0 bridgehead atoms. The predicted octanol–water partition coefficient (Wildman–Crippen LogP) is -3.49. The molecule has 0 saturated carbocycles. The molecular formula is C25H36N6O13. The van der Waals surface area contributed by atoms with Crippen molar-refractivity contribution < 1.29 is 63.9 Å². The van der Waals surface area contributed by atoms with Crippen molar-refractivity contribution in [2.45, 2.75) is 19.2 Å². The van der Waals surface area contributed by atoms with E-state index in [1.54, 1.807) is 24.3 Å². The van der Waals surface area contributed by atoms with E-state index in [2.05, 4.69) is 10.8 Å². The van der Waals surface area contributed by atoms with Gasteiger partial charge in [-0.25, -0.2) is 5.48 Å². The van der Waals surface area contributed by atoms with Crippen LogP contribution in [-0.4, -0.2) is 147 Å². The number of benzene rings is 1. The summed E-state index contributed by atoms with van der Waals surface area (Å²) in [5.41, 5.74) is 8.54. The van der Waals surface area contributed by atoms with Crippen LogP contribution in [0.2, 0.25) is 0 Å². The first-order valence-corrected chi connectivity index (χ1v) is 12.9. The Balaban J connectivity index is 3.12. The Labute approximate surface area is 250 Å². The maximum atomic E-state index is 13.3. The highest BCUT2D eigenvalue weighted by Crippen LogP contribution is 2.09. The third kappa shape index (κ3) is 16.1. The molecule has 0 fully saturated rings. The van der Waals surface area contributed by atoms with E-state index < -0.39 is 87.0 Å². The monoisotopic (exact) mass is 628 g/mol.